The van der Waals surface area contributed by atoms with Gasteiger partial charge in [0.2, 0.25) is 0 Å². The average Bonchev–Trinajstić information content (AvgIpc) is 2.72. The topological polar surface area (TPSA) is 93.8 Å². The lowest BCUT2D eigenvalue weighted by Crippen LogP contribution is -2.19. The van der Waals surface area contributed by atoms with E-state index in [1.807, 2.05) is 30.3 Å². The number of nitro groups is 1. The van der Waals surface area contributed by atoms with Gasteiger partial charge in [-0.05, 0) is 22.9 Å². The molecule has 7 nitrogen and oxygen atoms in total. The Balaban J connectivity index is 1.90. The van der Waals surface area contributed by atoms with E-state index in [2.05, 4.69) is 16.4 Å². The Hall–Kier alpha value is -4.18. The number of ether oxygens (including phenoxy) is 1. The number of hydrogen-bond donors (Lipinski definition) is 1. The van der Waals surface area contributed by atoms with Gasteiger partial charge in [0.15, 0.2) is 0 Å². The number of amides is 1. The molecule has 3 aromatic rings. The van der Waals surface area contributed by atoms with E-state index >= 15 is 0 Å². The van der Waals surface area contributed by atoms with Crippen molar-refractivity contribution in [2.45, 2.75) is 0 Å². The van der Waals surface area contributed by atoms with Crippen molar-refractivity contribution in [1.29, 1.82) is 0 Å². The molecular formula is C21H15N3O4. The largest absolute Gasteiger partial charge is 0.480 e. The van der Waals surface area contributed by atoms with Crippen molar-refractivity contribution in [3.05, 3.63) is 81.9 Å². The molecule has 138 valence electrons. The number of hydrogen-bond acceptors (Lipinski definition) is 5. The van der Waals surface area contributed by atoms with Gasteiger partial charge in [0, 0.05) is 11.6 Å². The molecule has 3 aromatic carbocycles. The van der Waals surface area contributed by atoms with Crippen molar-refractivity contribution in [2.24, 2.45) is 5.10 Å². The zero-order chi connectivity index (χ0) is 19.9. The molecule has 0 saturated heterocycles. The number of carbonyl (C=O) groups is 1. The Labute approximate surface area is 160 Å². The summed E-state index contributed by atoms with van der Waals surface area (Å²) in [5, 5.41) is 16.8. The smallest absolute Gasteiger partial charge is 0.282 e. The van der Waals surface area contributed by atoms with Crippen LogP contribution in [-0.2, 0) is 0 Å². The fourth-order valence-corrected chi connectivity index (χ4v) is 2.69. The molecule has 28 heavy (non-hydrogen) atoms. The van der Waals surface area contributed by atoms with Crippen LogP contribution in [0.3, 0.4) is 0 Å². The zero-order valence-electron chi connectivity index (χ0n) is 14.7. The monoisotopic (exact) mass is 373 g/mol. The van der Waals surface area contributed by atoms with Crippen molar-refractivity contribution in [2.75, 3.05) is 6.61 Å². The van der Waals surface area contributed by atoms with Crippen molar-refractivity contribution < 1.29 is 14.5 Å². The molecule has 0 aliphatic heterocycles. The second-order valence-corrected chi connectivity index (χ2v) is 5.66. The normalized spacial score (nSPS) is 10.5. The van der Waals surface area contributed by atoms with Crippen LogP contribution in [0.4, 0.5) is 5.69 Å². The number of nitrogens with one attached hydrogen (secondary N) is 1. The summed E-state index contributed by atoms with van der Waals surface area (Å²) in [7, 11) is 0. The maximum absolute atomic E-state index is 12.3. The molecule has 1 amide bonds. The number of nitro benzene ring substituents is 1. The van der Waals surface area contributed by atoms with Crippen LogP contribution in [0, 0.1) is 22.5 Å². The lowest BCUT2D eigenvalue weighted by atomic mass is 10.0. The number of para-hydroxylation sites is 1. The predicted molar refractivity (Wildman–Crippen MR) is 106 cm³/mol. The summed E-state index contributed by atoms with van der Waals surface area (Å²) in [4.78, 5) is 22.7. The number of fused-ring (bicyclic) bond motifs is 1. The number of carbonyl (C=O) groups excluding carboxylic acids is 1. The standard InChI is InChI=1S/C21H15N3O4/c1-2-13-28-20-12-11-15-7-3-4-8-16(15)18(20)14-22-23-21(25)17-9-5-6-10-19(17)24(26)27/h1,3-12,14H,13H2,(H,23,25)/b22-14-. The third kappa shape index (κ3) is 3.97. The van der Waals surface area contributed by atoms with Gasteiger partial charge in [0.25, 0.3) is 11.6 Å². The van der Waals surface area contributed by atoms with E-state index in [-0.39, 0.29) is 17.9 Å². The minimum Gasteiger partial charge on any atom is -0.480 e. The van der Waals surface area contributed by atoms with Crippen molar-refractivity contribution in [3.8, 4) is 18.1 Å². The Bertz CT molecular complexity index is 1120. The lowest BCUT2D eigenvalue weighted by molar-refractivity contribution is -0.385. The third-order valence-electron chi connectivity index (χ3n) is 3.95. The molecule has 0 aliphatic carbocycles. The zero-order valence-corrected chi connectivity index (χ0v) is 14.7. The van der Waals surface area contributed by atoms with Gasteiger partial charge in [-0.1, -0.05) is 48.4 Å². The summed E-state index contributed by atoms with van der Waals surface area (Å²) in [5.74, 6) is 2.23. The van der Waals surface area contributed by atoms with Crippen LogP contribution in [0.2, 0.25) is 0 Å². The number of rotatable bonds is 6. The lowest BCUT2D eigenvalue weighted by Gasteiger charge is -2.09. The van der Waals surface area contributed by atoms with E-state index < -0.39 is 10.8 Å². The van der Waals surface area contributed by atoms with Gasteiger partial charge >= 0.3 is 0 Å². The summed E-state index contributed by atoms with van der Waals surface area (Å²) in [6.07, 6.45) is 6.69. The molecule has 0 unspecified atom stereocenters. The molecule has 0 radical (unpaired) electrons. The number of nitrogens with zero attached hydrogens (tertiary/aromatic N) is 2. The maximum Gasteiger partial charge on any atom is 0.282 e. The molecule has 0 spiro atoms. The molecule has 0 aliphatic rings. The van der Waals surface area contributed by atoms with Crippen LogP contribution < -0.4 is 10.2 Å². The van der Waals surface area contributed by atoms with E-state index in [1.54, 1.807) is 12.1 Å². The van der Waals surface area contributed by atoms with Gasteiger partial charge in [-0.2, -0.15) is 5.10 Å². The quantitative estimate of drug-likeness (QED) is 0.310. The first kappa shape index (κ1) is 18.6. The molecule has 0 aromatic heterocycles. The van der Waals surface area contributed by atoms with Gasteiger partial charge in [-0.25, -0.2) is 5.43 Å². The molecule has 3 rings (SSSR count). The summed E-state index contributed by atoms with van der Waals surface area (Å²) in [5.41, 5.74) is 2.59. The van der Waals surface area contributed by atoms with Crippen molar-refractivity contribution >= 4 is 28.6 Å². The number of benzene rings is 3. The molecular weight excluding hydrogens is 358 g/mol. The van der Waals surface area contributed by atoms with Crippen LogP contribution in [0.5, 0.6) is 5.75 Å². The number of terminal acetylenes is 1. The van der Waals surface area contributed by atoms with Crippen molar-refractivity contribution in [3.63, 3.8) is 0 Å². The number of hydrazone groups is 1. The molecule has 0 saturated carbocycles. The first-order valence-electron chi connectivity index (χ1n) is 8.26. The Morgan fingerprint density at radius 3 is 2.71 bits per heavy atom. The molecule has 0 atom stereocenters. The summed E-state index contributed by atoms with van der Waals surface area (Å²) >= 11 is 0. The Morgan fingerprint density at radius 1 is 1.18 bits per heavy atom. The van der Waals surface area contributed by atoms with E-state index in [4.69, 9.17) is 11.2 Å². The highest BCUT2D eigenvalue weighted by Gasteiger charge is 2.18. The first-order chi connectivity index (χ1) is 13.6. The van der Waals surface area contributed by atoms with Crippen LogP contribution in [0.15, 0.2) is 65.8 Å². The molecule has 0 bridgehead atoms. The highest BCUT2D eigenvalue weighted by molar-refractivity contribution is 6.03. The van der Waals surface area contributed by atoms with E-state index in [9.17, 15) is 14.9 Å². The third-order valence-corrected chi connectivity index (χ3v) is 3.95. The minimum atomic E-state index is -0.685. The van der Waals surface area contributed by atoms with Gasteiger partial charge in [-0.3, -0.25) is 14.9 Å². The van der Waals surface area contributed by atoms with Gasteiger partial charge < -0.3 is 4.74 Å². The summed E-state index contributed by atoms with van der Waals surface area (Å²) in [6, 6.07) is 16.9. The van der Waals surface area contributed by atoms with Crippen LogP contribution in [0.1, 0.15) is 15.9 Å². The minimum absolute atomic E-state index is 0.0774. The molecule has 1 N–H and O–H groups in total. The average molecular weight is 373 g/mol. The highest BCUT2D eigenvalue weighted by Crippen LogP contribution is 2.26. The molecule has 0 heterocycles. The summed E-state index contributed by atoms with van der Waals surface area (Å²) in [6.45, 7) is 0.0851. The van der Waals surface area contributed by atoms with E-state index in [1.165, 1.54) is 24.4 Å². The first-order valence-corrected chi connectivity index (χ1v) is 8.26. The SMILES string of the molecule is C#CCOc1ccc2ccccc2c1/C=N\NC(=O)c1ccccc1[N+](=O)[O-]. The summed E-state index contributed by atoms with van der Waals surface area (Å²) < 4.78 is 5.56. The highest BCUT2D eigenvalue weighted by atomic mass is 16.6. The van der Waals surface area contributed by atoms with Gasteiger partial charge in [-0.15, -0.1) is 6.42 Å². The van der Waals surface area contributed by atoms with Crippen LogP contribution >= 0.6 is 0 Å². The Kier molecular flexibility index (Phi) is 5.63. The fourth-order valence-electron chi connectivity index (χ4n) is 2.69. The second-order valence-electron chi connectivity index (χ2n) is 5.66. The van der Waals surface area contributed by atoms with Crippen molar-refractivity contribution in [1.82, 2.24) is 5.43 Å². The fraction of sp³-hybridized carbons (Fsp3) is 0.0476. The van der Waals surface area contributed by atoms with Crippen LogP contribution in [0.25, 0.3) is 10.8 Å². The van der Waals surface area contributed by atoms with Gasteiger partial charge in [0.05, 0.1) is 11.1 Å². The van der Waals surface area contributed by atoms with Crippen LogP contribution in [-0.4, -0.2) is 23.7 Å². The Morgan fingerprint density at radius 2 is 1.93 bits per heavy atom. The molecule has 7 heteroatoms. The van der Waals surface area contributed by atoms with Gasteiger partial charge in [0.1, 0.15) is 17.9 Å². The predicted octanol–water partition coefficient (Wildman–Crippen LogP) is 3.52. The molecule has 0 fully saturated rings. The second kappa shape index (κ2) is 8.47. The van der Waals surface area contributed by atoms with E-state index in [0.717, 1.165) is 10.8 Å². The maximum atomic E-state index is 12.3. The van der Waals surface area contributed by atoms with E-state index in [0.29, 0.717) is 11.3 Å².